The minimum atomic E-state index is -0.552. The molecule has 2 rings (SSSR count). The zero-order valence-corrected chi connectivity index (χ0v) is 12.0. The Balaban J connectivity index is 1.90. The van der Waals surface area contributed by atoms with Crippen molar-refractivity contribution in [2.24, 2.45) is 0 Å². The number of hydrogen-bond donors (Lipinski definition) is 1. The summed E-state index contributed by atoms with van der Waals surface area (Å²) in [5, 5.41) is 9.98. The highest BCUT2D eigenvalue weighted by Gasteiger charge is 2.10. The van der Waals surface area contributed by atoms with Gasteiger partial charge in [0.25, 0.3) is 0 Å². The molecule has 0 saturated heterocycles. The first-order valence-corrected chi connectivity index (χ1v) is 6.95. The van der Waals surface area contributed by atoms with Gasteiger partial charge in [-0.25, -0.2) is 4.39 Å². The minimum Gasteiger partial charge on any atom is -0.393 e. The van der Waals surface area contributed by atoms with Gasteiger partial charge in [-0.05, 0) is 48.2 Å². The Bertz CT molecular complexity index is 533. The molecule has 4 heteroatoms. The molecule has 19 heavy (non-hydrogen) atoms. The summed E-state index contributed by atoms with van der Waals surface area (Å²) in [6.45, 7) is 0. The van der Waals surface area contributed by atoms with E-state index in [0.29, 0.717) is 18.4 Å². The Morgan fingerprint density at radius 1 is 1.32 bits per heavy atom. The van der Waals surface area contributed by atoms with E-state index in [1.54, 1.807) is 24.5 Å². The molecule has 1 heterocycles. The molecule has 1 unspecified atom stereocenters. The summed E-state index contributed by atoms with van der Waals surface area (Å²) < 4.78 is 14.4. The van der Waals surface area contributed by atoms with Crippen LogP contribution < -0.4 is 0 Å². The Labute approximate surface area is 120 Å². The van der Waals surface area contributed by atoms with Gasteiger partial charge < -0.3 is 5.11 Å². The van der Waals surface area contributed by atoms with Crippen molar-refractivity contribution in [1.29, 1.82) is 0 Å². The number of aryl methyl sites for hydroxylation is 1. The largest absolute Gasteiger partial charge is 0.393 e. The van der Waals surface area contributed by atoms with Crippen molar-refractivity contribution >= 4 is 15.9 Å². The zero-order chi connectivity index (χ0) is 13.7. The van der Waals surface area contributed by atoms with Crippen LogP contribution in [0.5, 0.6) is 0 Å². The molecule has 0 spiro atoms. The maximum Gasteiger partial charge on any atom is 0.126 e. The van der Waals surface area contributed by atoms with Crippen molar-refractivity contribution in [1.82, 2.24) is 4.98 Å². The normalized spacial score (nSPS) is 12.4. The lowest BCUT2D eigenvalue weighted by Crippen LogP contribution is -2.12. The zero-order valence-electron chi connectivity index (χ0n) is 10.4. The standard InChI is InChI=1S/C15H15BrFNO/c16-13-4-6-15(17)12(8-13)9-14(19)5-3-11-2-1-7-18-10-11/h1-2,4,6-8,10,14,19H,3,5,9H2. The van der Waals surface area contributed by atoms with Crippen molar-refractivity contribution in [3.63, 3.8) is 0 Å². The van der Waals surface area contributed by atoms with Crippen LogP contribution in [-0.2, 0) is 12.8 Å². The maximum absolute atomic E-state index is 13.6. The van der Waals surface area contributed by atoms with Gasteiger partial charge in [-0.2, -0.15) is 0 Å². The third-order valence-corrected chi connectivity index (χ3v) is 3.45. The number of nitrogens with zero attached hydrogens (tertiary/aromatic N) is 1. The predicted molar refractivity (Wildman–Crippen MR) is 76.4 cm³/mol. The molecule has 0 aliphatic rings. The van der Waals surface area contributed by atoms with Crippen molar-refractivity contribution in [3.8, 4) is 0 Å². The number of aliphatic hydroxyl groups excluding tert-OH is 1. The molecule has 0 amide bonds. The monoisotopic (exact) mass is 323 g/mol. The van der Waals surface area contributed by atoms with Crippen molar-refractivity contribution in [2.75, 3.05) is 0 Å². The molecule has 1 aromatic heterocycles. The SMILES string of the molecule is OC(CCc1cccnc1)Cc1cc(Br)ccc1F. The van der Waals surface area contributed by atoms with Crippen molar-refractivity contribution in [2.45, 2.75) is 25.4 Å². The molecule has 0 bridgehead atoms. The number of pyridine rings is 1. The topological polar surface area (TPSA) is 33.1 Å². The molecule has 1 atom stereocenters. The Hall–Kier alpha value is -1.26. The van der Waals surface area contributed by atoms with Gasteiger partial charge in [0.15, 0.2) is 0 Å². The van der Waals surface area contributed by atoms with Gasteiger partial charge >= 0.3 is 0 Å². The van der Waals surface area contributed by atoms with E-state index in [4.69, 9.17) is 0 Å². The first kappa shape index (κ1) is 14.2. The second-order valence-electron chi connectivity index (χ2n) is 4.49. The Kier molecular flexibility index (Phi) is 5.05. The third kappa shape index (κ3) is 4.40. The van der Waals surface area contributed by atoms with Crippen LogP contribution >= 0.6 is 15.9 Å². The molecule has 0 saturated carbocycles. The first-order valence-electron chi connectivity index (χ1n) is 6.16. The number of halogens is 2. The first-order chi connectivity index (χ1) is 9.15. The van der Waals surface area contributed by atoms with Crippen LogP contribution in [0.2, 0.25) is 0 Å². The van der Waals surface area contributed by atoms with Crippen LogP contribution in [0.1, 0.15) is 17.5 Å². The van der Waals surface area contributed by atoms with E-state index in [9.17, 15) is 9.50 Å². The number of aliphatic hydroxyl groups is 1. The molecule has 0 radical (unpaired) electrons. The summed E-state index contributed by atoms with van der Waals surface area (Å²) in [5.74, 6) is -0.274. The average molecular weight is 324 g/mol. The molecule has 0 aliphatic carbocycles. The van der Waals surface area contributed by atoms with Crippen LogP contribution in [0.4, 0.5) is 4.39 Å². The summed E-state index contributed by atoms with van der Waals surface area (Å²) in [7, 11) is 0. The average Bonchev–Trinajstić information content (AvgIpc) is 2.42. The molecular weight excluding hydrogens is 309 g/mol. The lowest BCUT2D eigenvalue weighted by Gasteiger charge is -2.11. The molecular formula is C15H15BrFNO. The summed E-state index contributed by atoms with van der Waals surface area (Å²) >= 11 is 3.31. The van der Waals surface area contributed by atoms with Crippen LogP contribution in [0, 0.1) is 5.82 Å². The highest BCUT2D eigenvalue weighted by Crippen LogP contribution is 2.18. The fourth-order valence-electron chi connectivity index (χ4n) is 1.93. The van der Waals surface area contributed by atoms with E-state index in [1.807, 2.05) is 12.1 Å². The minimum absolute atomic E-state index is 0.274. The summed E-state index contributed by atoms with van der Waals surface area (Å²) in [6, 6.07) is 8.62. The highest BCUT2D eigenvalue weighted by molar-refractivity contribution is 9.10. The molecule has 2 nitrogen and oxygen atoms in total. The number of aromatic nitrogens is 1. The lowest BCUT2D eigenvalue weighted by molar-refractivity contribution is 0.164. The van der Waals surface area contributed by atoms with Gasteiger partial charge in [-0.1, -0.05) is 22.0 Å². The van der Waals surface area contributed by atoms with Crippen molar-refractivity contribution < 1.29 is 9.50 Å². The summed E-state index contributed by atoms with van der Waals surface area (Å²) in [6.07, 6.45) is 4.61. The predicted octanol–water partition coefficient (Wildman–Crippen LogP) is 3.52. The second-order valence-corrected chi connectivity index (χ2v) is 5.41. The van der Waals surface area contributed by atoms with E-state index in [0.717, 1.165) is 16.5 Å². The lowest BCUT2D eigenvalue weighted by atomic mass is 10.0. The molecule has 2 aromatic rings. The summed E-state index contributed by atoms with van der Waals surface area (Å²) in [5.41, 5.74) is 1.62. The number of rotatable bonds is 5. The quantitative estimate of drug-likeness (QED) is 0.913. The Morgan fingerprint density at radius 2 is 2.16 bits per heavy atom. The van der Waals surface area contributed by atoms with Gasteiger partial charge in [0, 0.05) is 23.3 Å². The van der Waals surface area contributed by atoms with E-state index in [-0.39, 0.29) is 5.82 Å². The highest BCUT2D eigenvalue weighted by atomic mass is 79.9. The molecule has 100 valence electrons. The Morgan fingerprint density at radius 3 is 2.89 bits per heavy atom. The fraction of sp³-hybridized carbons (Fsp3) is 0.267. The van der Waals surface area contributed by atoms with E-state index < -0.39 is 6.10 Å². The molecule has 0 fully saturated rings. The van der Waals surface area contributed by atoms with E-state index >= 15 is 0 Å². The van der Waals surface area contributed by atoms with Crippen LogP contribution in [0.25, 0.3) is 0 Å². The number of benzene rings is 1. The van der Waals surface area contributed by atoms with Gasteiger partial charge in [-0.15, -0.1) is 0 Å². The molecule has 0 aliphatic heterocycles. The fourth-order valence-corrected chi connectivity index (χ4v) is 2.34. The van der Waals surface area contributed by atoms with Crippen LogP contribution in [-0.4, -0.2) is 16.2 Å². The third-order valence-electron chi connectivity index (χ3n) is 2.95. The molecule has 1 N–H and O–H groups in total. The van der Waals surface area contributed by atoms with E-state index in [1.165, 1.54) is 6.07 Å². The second kappa shape index (κ2) is 6.78. The van der Waals surface area contributed by atoms with Gasteiger partial charge in [0.1, 0.15) is 5.82 Å². The van der Waals surface area contributed by atoms with Gasteiger partial charge in [0.2, 0.25) is 0 Å². The smallest absolute Gasteiger partial charge is 0.126 e. The summed E-state index contributed by atoms with van der Waals surface area (Å²) in [4.78, 5) is 4.02. The van der Waals surface area contributed by atoms with Crippen LogP contribution in [0.3, 0.4) is 0 Å². The van der Waals surface area contributed by atoms with Gasteiger partial charge in [0.05, 0.1) is 6.10 Å². The molecule has 1 aromatic carbocycles. The number of hydrogen-bond acceptors (Lipinski definition) is 2. The van der Waals surface area contributed by atoms with E-state index in [2.05, 4.69) is 20.9 Å². The van der Waals surface area contributed by atoms with Crippen LogP contribution in [0.15, 0.2) is 47.2 Å². The maximum atomic E-state index is 13.6. The van der Waals surface area contributed by atoms with Gasteiger partial charge in [-0.3, -0.25) is 4.98 Å². The van der Waals surface area contributed by atoms with Crippen molar-refractivity contribution in [3.05, 3.63) is 64.1 Å².